The summed E-state index contributed by atoms with van der Waals surface area (Å²) in [6.45, 7) is 5.95. The number of nitrogens with one attached hydrogen (secondary N) is 2. The Morgan fingerprint density at radius 3 is 2.74 bits per heavy atom. The molecule has 0 bridgehead atoms. The molecule has 0 unspecified atom stereocenters. The predicted octanol–water partition coefficient (Wildman–Crippen LogP) is 4.04. The molecule has 0 radical (unpaired) electrons. The number of nitrogens with zero attached hydrogens (tertiary/aromatic N) is 5. The maximum atomic E-state index is 13.6. The van der Waals surface area contributed by atoms with Gasteiger partial charge in [0.25, 0.3) is 0 Å². The number of aromatic amines is 1. The highest BCUT2D eigenvalue weighted by Crippen LogP contribution is 2.29. The van der Waals surface area contributed by atoms with E-state index in [9.17, 15) is 4.39 Å². The van der Waals surface area contributed by atoms with Crippen LogP contribution in [0.1, 0.15) is 18.5 Å². The van der Waals surface area contributed by atoms with Gasteiger partial charge in [-0.05, 0) is 63.2 Å². The van der Waals surface area contributed by atoms with Crippen molar-refractivity contribution in [2.75, 3.05) is 31.5 Å². The summed E-state index contributed by atoms with van der Waals surface area (Å²) in [6.07, 6.45) is 6.23. The zero-order chi connectivity index (χ0) is 21.2. The Morgan fingerprint density at radius 2 is 1.90 bits per heavy atom. The molecule has 7 nitrogen and oxygen atoms in total. The molecule has 8 heteroatoms. The van der Waals surface area contributed by atoms with Crippen molar-refractivity contribution >= 4 is 16.7 Å². The van der Waals surface area contributed by atoms with Gasteiger partial charge in [-0.1, -0.05) is 0 Å². The monoisotopic (exact) mass is 417 g/mol. The number of hydrogen-bond acceptors (Lipinski definition) is 6. The Hall–Kier alpha value is -3.39. The van der Waals surface area contributed by atoms with E-state index in [1.807, 2.05) is 24.4 Å². The average molecular weight is 417 g/mol. The van der Waals surface area contributed by atoms with Gasteiger partial charge in [0.2, 0.25) is 0 Å². The van der Waals surface area contributed by atoms with E-state index in [-0.39, 0.29) is 5.82 Å². The van der Waals surface area contributed by atoms with Crippen LogP contribution in [0.4, 0.5) is 10.1 Å². The van der Waals surface area contributed by atoms with E-state index in [1.165, 1.54) is 32.0 Å². The number of fused-ring (bicyclic) bond motifs is 1. The van der Waals surface area contributed by atoms with Crippen LogP contribution in [-0.4, -0.2) is 56.2 Å². The first kappa shape index (κ1) is 19.6. The minimum Gasteiger partial charge on any atom is -0.382 e. The molecule has 0 atom stereocenters. The smallest absolute Gasteiger partial charge is 0.144 e. The third-order valence-corrected chi connectivity index (χ3v) is 5.67. The minimum atomic E-state index is -0.333. The van der Waals surface area contributed by atoms with Crippen LogP contribution in [0.15, 0.2) is 42.7 Å². The number of hydrogen-bond donors (Lipinski definition) is 2. The van der Waals surface area contributed by atoms with E-state index in [4.69, 9.17) is 4.98 Å². The van der Waals surface area contributed by atoms with Gasteiger partial charge in [0, 0.05) is 24.8 Å². The molecule has 1 aliphatic heterocycles. The summed E-state index contributed by atoms with van der Waals surface area (Å²) in [5.41, 5.74) is 5.75. The lowest BCUT2D eigenvalue weighted by Crippen LogP contribution is -2.25. The number of anilines is 1. The fourth-order valence-electron chi connectivity index (χ4n) is 3.97. The first-order valence-corrected chi connectivity index (χ1v) is 10.6. The fourth-order valence-corrected chi connectivity index (χ4v) is 3.97. The molecule has 0 aliphatic carbocycles. The zero-order valence-electron chi connectivity index (χ0n) is 17.4. The Bertz CT molecular complexity index is 1210. The third-order valence-electron chi connectivity index (χ3n) is 5.67. The molecule has 1 saturated heterocycles. The molecule has 4 aromatic heterocycles. The largest absolute Gasteiger partial charge is 0.382 e. The second-order valence-corrected chi connectivity index (χ2v) is 7.85. The number of halogens is 1. The summed E-state index contributed by atoms with van der Waals surface area (Å²) in [5, 5.41) is 10.7. The second-order valence-electron chi connectivity index (χ2n) is 7.85. The molecule has 1 aliphatic rings. The summed E-state index contributed by atoms with van der Waals surface area (Å²) in [5.74, 6) is -0.333. The van der Waals surface area contributed by atoms with Crippen LogP contribution < -0.4 is 5.32 Å². The lowest BCUT2D eigenvalue weighted by molar-refractivity contribution is 0.352. The molecule has 31 heavy (non-hydrogen) atoms. The first-order valence-electron chi connectivity index (χ1n) is 10.6. The molecule has 0 spiro atoms. The van der Waals surface area contributed by atoms with Gasteiger partial charge < -0.3 is 10.2 Å². The van der Waals surface area contributed by atoms with E-state index < -0.39 is 0 Å². The van der Waals surface area contributed by atoms with Crippen LogP contribution in [0, 0.1) is 12.7 Å². The van der Waals surface area contributed by atoms with Crippen LogP contribution in [0.2, 0.25) is 0 Å². The standard InChI is InChI=1S/C23H24FN7/c1-15-18(24)4-5-21(28-15)23-17(14-27-30-23)19-6-7-20-22(29-19)12-16(13-26-20)25-8-11-31-9-2-3-10-31/h4-7,12-14,25H,2-3,8-11H2,1H3,(H,27,30). The van der Waals surface area contributed by atoms with Gasteiger partial charge in [-0.3, -0.25) is 10.1 Å². The van der Waals surface area contributed by atoms with E-state index >= 15 is 0 Å². The first-order chi connectivity index (χ1) is 15.2. The predicted molar refractivity (Wildman–Crippen MR) is 119 cm³/mol. The second kappa shape index (κ2) is 8.39. The molecular weight excluding hydrogens is 393 g/mol. The molecule has 5 heterocycles. The third kappa shape index (κ3) is 4.11. The summed E-state index contributed by atoms with van der Waals surface area (Å²) in [6, 6.07) is 8.93. The fraction of sp³-hybridized carbons (Fsp3) is 0.304. The molecule has 5 rings (SSSR count). The summed E-state index contributed by atoms with van der Waals surface area (Å²) >= 11 is 0. The number of likely N-dealkylation sites (tertiary alicyclic amines) is 1. The van der Waals surface area contributed by atoms with Crippen molar-refractivity contribution in [3.63, 3.8) is 0 Å². The van der Waals surface area contributed by atoms with Crippen molar-refractivity contribution < 1.29 is 4.39 Å². The van der Waals surface area contributed by atoms with Gasteiger partial charge in [0.05, 0.1) is 40.0 Å². The quantitative estimate of drug-likeness (QED) is 0.493. The Morgan fingerprint density at radius 1 is 1.06 bits per heavy atom. The topological polar surface area (TPSA) is 82.6 Å². The van der Waals surface area contributed by atoms with Gasteiger partial charge in [-0.2, -0.15) is 5.10 Å². The number of pyridine rings is 3. The number of H-pyrrole nitrogens is 1. The van der Waals surface area contributed by atoms with Gasteiger partial charge in [0.1, 0.15) is 11.5 Å². The minimum absolute atomic E-state index is 0.333. The Balaban J connectivity index is 1.40. The van der Waals surface area contributed by atoms with E-state index in [0.29, 0.717) is 17.1 Å². The van der Waals surface area contributed by atoms with Crippen LogP contribution in [0.3, 0.4) is 0 Å². The lowest BCUT2D eigenvalue weighted by Gasteiger charge is -2.15. The van der Waals surface area contributed by atoms with Crippen molar-refractivity contribution in [3.8, 4) is 22.6 Å². The highest BCUT2D eigenvalue weighted by atomic mass is 19.1. The molecule has 158 valence electrons. The average Bonchev–Trinajstić information content (AvgIpc) is 3.47. The van der Waals surface area contributed by atoms with Crippen molar-refractivity contribution in [3.05, 3.63) is 54.2 Å². The molecule has 1 fully saturated rings. The van der Waals surface area contributed by atoms with E-state index in [2.05, 4.69) is 30.4 Å². The van der Waals surface area contributed by atoms with Gasteiger partial charge in [-0.15, -0.1) is 0 Å². The highest BCUT2D eigenvalue weighted by molar-refractivity contribution is 5.83. The van der Waals surface area contributed by atoms with E-state index in [1.54, 1.807) is 19.2 Å². The molecule has 2 N–H and O–H groups in total. The van der Waals surface area contributed by atoms with Crippen LogP contribution >= 0.6 is 0 Å². The normalized spacial score (nSPS) is 14.4. The number of aryl methyl sites for hydroxylation is 1. The van der Waals surface area contributed by atoms with Crippen LogP contribution in [0.25, 0.3) is 33.7 Å². The van der Waals surface area contributed by atoms with Gasteiger partial charge in [0.15, 0.2) is 0 Å². The Labute approximate surface area is 179 Å². The molecule has 0 saturated carbocycles. The maximum absolute atomic E-state index is 13.6. The van der Waals surface area contributed by atoms with E-state index in [0.717, 1.165) is 41.1 Å². The Kier molecular flexibility index (Phi) is 5.30. The lowest BCUT2D eigenvalue weighted by atomic mass is 10.1. The molecule has 4 aromatic rings. The maximum Gasteiger partial charge on any atom is 0.144 e. The number of rotatable bonds is 6. The summed E-state index contributed by atoms with van der Waals surface area (Å²) in [4.78, 5) is 16.2. The van der Waals surface area contributed by atoms with Gasteiger partial charge in [-0.25, -0.2) is 14.4 Å². The highest BCUT2D eigenvalue weighted by Gasteiger charge is 2.15. The molecule has 0 aromatic carbocycles. The molecular formula is C23H24FN7. The number of aromatic nitrogens is 5. The zero-order valence-corrected chi connectivity index (χ0v) is 17.4. The van der Waals surface area contributed by atoms with Gasteiger partial charge >= 0.3 is 0 Å². The van der Waals surface area contributed by atoms with Crippen molar-refractivity contribution in [1.29, 1.82) is 0 Å². The van der Waals surface area contributed by atoms with Crippen molar-refractivity contribution in [1.82, 2.24) is 30.0 Å². The SMILES string of the molecule is Cc1nc(-c2n[nH]cc2-c2ccc3ncc(NCCN4CCCC4)cc3n2)ccc1F. The van der Waals surface area contributed by atoms with Crippen molar-refractivity contribution in [2.24, 2.45) is 0 Å². The van der Waals surface area contributed by atoms with Crippen molar-refractivity contribution in [2.45, 2.75) is 19.8 Å². The van der Waals surface area contributed by atoms with Crippen LogP contribution in [0.5, 0.6) is 0 Å². The summed E-state index contributed by atoms with van der Waals surface area (Å²) < 4.78 is 13.6. The molecule has 0 amide bonds. The van der Waals surface area contributed by atoms with Crippen LogP contribution in [-0.2, 0) is 0 Å². The summed E-state index contributed by atoms with van der Waals surface area (Å²) in [7, 11) is 0.